The van der Waals surface area contributed by atoms with Gasteiger partial charge < -0.3 is 10.6 Å². The van der Waals surface area contributed by atoms with Gasteiger partial charge in [0, 0.05) is 18.0 Å². The summed E-state index contributed by atoms with van der Waals surface area (Å²) in [5.41, 5.74) is 5.93. The summed E-state index contributed by atoms with van der Waals surface area (Å²) in [6, 6.07) is 4.08. The normalized spacial score (nSPS) is 13.3. The number of halogens is 1. The molecule has 1 rings (SSSR count). The van der Waals surface area contributed by atoms with Gasteiger partial charge in [-0.05, 0) is 46.8 Å². The van der Waals surface area contributed by atoms with Gasteiger partial charge in [0.15, 0.2) is 0 Å². The van der Waals surface area contributed by atoms with Crippen LogP contribution in [-0.2, 0) is 11.3 Å². The van der Waals surface area contributed by atoms with Crippen LogP contribution in [0.5, 0.6) is 0 Å². The molecule has 5 heteroatoms. The van der Waals surface area contributed by atoms with Crippen molar-refractivity contribution in [3.8, 4) is 0 Å². The highest BCUT2D eigenvalue weighted by atomic mass is 79.9. The van der Waals surface area contributed by atoms with E-state index in [1.165, 1.54) is 4.88 Å². The molecule has 0 bridgehead atoms. The maximum absolute atomic E-state index is 12.6. The van der Waals surface area contributed by atoms with Crippen molar-refractivity contribution in [1.29, 1.82) is 0 Å². The second-order valence-electron chi connectivity index (χ2n) is 6.26. The standard InChI is InChI=1S/C15H25BrN2OS/c1-5-18(10-12-6-7-13(16)20-12)14(19)11(9-17)8-15(2,3)4/h6-7,11H,5,8-10,17H2,1-4H3. The molecule has 1 aromatic heterocycles. The number of nitrogens with zero attached hydrogens (tertiary/aromatic N) is 1. The SMILES string of the molecule is CCN(Cc1ccc(Br)s1)C(=O)C(CN)CC(C)(C)C. The van der Waals surface area contributed by atoms with Crippen molar-refractivity contribution in [2.45, 2.75) is 40.7 Å². The predicted octanol–water partition coefficient (Wildman–Crippen LogP) is 3.87. The van der Waals surface area contributed by atoms with E-state index in [2.05, 4.69) is 42.8 Å². The van der Waals surface area contributed by atoms with Crippen LogP contribution in [-0.4, -0.2) is 23.9 Å². The first-order valence-corrected chi connectivity index (χ1v) is 8.61. The van der Waals surface area contributed by atoms with Crippen molar-refractivity contribution in [3.05, 3.63) is 20.8 Å². The Hall–Kier alpha value is -0.390. The van der Waals surface area contributed by atoms with Gasteiger partial charge in [-0.3, -0.25) is 4.79 Å². The maximum atomic E-state index is 12.6. The van der Waals surface area contributed by atoms with E-state index in [1.54, 1.807) is 11.3 Å². The lowest BCUT2D eigenvalue weighted by molar-refractivity contribution is -0.136. The molecule has 0 fully saturated rings. The van der Waals surface area contributed by atoms with E-state index in [-0.39, 0.29) is 17.2 Å². The van der Waals surface area contributed by atoms with E-state index in [0.29, 0.717) is 13.1 Å². The molecule has 1 heterocycles. The molecule has 1 atom stereocenters. The Bertz CT molecular complexity index is 439. The number of hydrogen-bond donors (Lipinski definition) is 1. The molecule has 0 radical (unpaired) electrons. The second-order valence-corrected chi connectivity index (χ2v) is 8.80. The van der Waals surface area contributed by atoms with Crippen LogP contribution in [0.25, 0.3) is 0 Å². The van der Waals surface area contributed by atoms with Gasteiger partial charge in [-0.1, -0.05) is 20.8 Å². The summed E-state index contributed by atoms with van der Waals surface area (Å²) in [5, 5.41) is 0. The highest BCUT2D eigenvalue weighted by Gasteiger charge is 2.27. The average molecular weight is 361 g/mol. The maximum Gasteiger partial charge on any atom is 0.227 e. The Balaban J connectivity index is 2.74. The van der Waals surface area contributed by atoms with Gasteiger partial charge in [-0.15, -0.1) is 11.3 Å². The predicted molar refractivity (Wildman–Crippen MR) is 89.7 cm³/mol. The molecule has 1 unspecified atom stereocenters. The minimum Gasteiger partial charge on any atom is -0.338 e. The highest BCUT2D eigenvalue weighted by Crippen LogP contribution is 2.27. The van der Waals surface area contributed by atoms with Gasteiger partial charge in [0.2, 0.25) is 5.91 Å². The summed E-state index contributed by atoms with van der Waals surface area (Å²) in [6.07, 6.45) is 0.826. The number of amides is 1. The third-order valence-corrected chi connectivity index (χ3v) is 4.77. The zero-order valence-corrected chi connectivity index (χ0v) is 15.2. The first-order chi connectivity index (χ1) is 9.26. The van der Waals surface area contributed by atoms with Crippen molar-refractivity contribution in [1.82, 2.24) is 4.90 Å². The first-order valence-electron chi connectivity index (χ1n) is 7.00. The lowest BCUT2D eigenvalue weighted by atomic mass is 9.84. The molecule has 0 aliphatic rings. The third kappa shape index (κ3) is 5.54. The molecule has 0 saturated heterocycles. The van der Waals surface area contributed by atoms with E-state index in [9.17, 15) is 4.79 Å². The molecule has 0 aliphatic heterocycles. The first kappa shape index (κ1) is 17.7. The molecule has 0 spiro atoms. The Morgan fingerprint density at radius 1 is 1.45 bits per heavy atom. The summed E-state index contributed by atoms with van der Waals surface area (Å²) < 4.78 is 1.10. The summed E-state index contributed by atoms with van der Waals surface area (Å²) in [5.74, 6) is 0.0906. The number of thiophene rings is 1. The summed E-state index contributed by atoms with van der Waals surface area (Å²) in [6.45, 7) is 10.3. The van der Waals surface area contributed by atoms with Crippen molar-refractivity contribution >= 4 is 33.2 Å². The zero-order chi connectivity index (χ0) is 15.3. The Morgan fingerprint density at radius 2 is 2.10 bits per heavy atom. The average Bonchev–Trinajstić information content (AvgIpc) is 2.76. The topological polar surface area (TPSA) is 46.3 Å². The van der Waals surface area contributed by atoms with Crippen molar-refractivity contribution < 1.29 is 4.79 Å². The molecule has 1 aromatic rings. The fraction of sp³-hybridized carbons (Fsp3) is 0.667. The highest BCUT2D eigenvalue weighted by molar-refractivity contribution is 9.11. The minimum absolute atomic E-state index is 0.0849. The number of carbonyl (C=O) groups excluding carboxylic acids is 1. The van der Waals surface area contributed by atoms with Crippen LogP contribution in [0.15, 0.2) is 15.9 Å². The number of nitrogens with two attached hydrogens (primary N) is 1. The van der Waals surface area contributed by atoms with Gasteiger partial charge >= 0.3 is 0 Å². The fourth-order valence-corrected chi connectivity index (χ4v) is 3.74. The van der Waals surface area contributed by atoms with Crippen molar-refractivity contribution in [3.63, 3.8) is 0 Å². The minimum atomic E-state index is -0.0849. The van der Waals surface area contributed by atoms with E-state index < -0.39 is 0 Å². The smallest absolute Gasteiger partial charge is 0.227 e. The molecule has 0 saturated carbocycles. The molecular weight excluding hydrogens is 336 g/mol. The lowest BCUT2D eigenvalue weighted by Crippen LogP contribution is -2.40. The van der Waals surface area contributed by atoms with Gasteiger partial charge in [-0.25, -0.2) is 0 Å². The number of rotatable bonds is 6. The van der Waals surface area contributed by atoms with Crippen LogP contribution in [0, 0.1) is 11.3 Å². The van der Waals surface area contributed by atoms with Crippen LogP contribution >= 0.6 is 27.3 Å². The molecule has 1 amide bonds. The molecular formula is C15H25BrN2OS. The molecule has 0 aromatic carbocycles. The van der Waals surface area contributed by atoms with Gasteiger partial charge in [0.1, 0.15) is 0 Å². The largest absolute Gasteiger partial charge is 0.338 e. The quantitative estimate of drug-likeness (QED) is 0.836. The van der Waals surface area contributed by atoms with Gasteiger partial charge in [0.25, 0.3) is 0 Å². The summed E-state index contributed by atoms with van der Waals surface area (Å²) in [7, 11) is 0. The lowest BCUT2D eigenvalue weighted by Gasteiger charge is -2.29. The van der Waals surface area contributed by atoms with Crippen LogP contribution in [0.4, 0.5) is 0 Å². The van der Waals surface area contributed by atoms with Crippen molar-refractivity contribution in [2.75, 3.05) is 13.1 Å². The van der Waals surface area contributed by atoms with E-state index >= 15 is 0 Å². The van der Waals surface area contributed by atoms with Crippen LogP contribution < -0.4 is 5.73 Å². The molecule has 20 heavy (non-hydrogen) atoms. The second kappa shape index (κ2) is 7.57. The van der Waals surface area contributed by atoms with E-state index in [0.717, 1.165) is 16.8 Å². The Kier molecular flexibility index (Phi) is 6.69. The summed E-state index contributed by atoms with van der Waals surface area (Å²) >= 11 is 5.13. The molecule has 0 aliphatic carbocycles. The molecule has 114 valence electrons. The Morgan fingerprint density at radius 3 is 2.50 bits per heavy atom. The molecule has 3 nitrogen and oxygen atoms in total. The van der Waals surface area contributed by atoms with Crippen LogP contribution in [0.2, 0.25) is 0 Å². The third-order valence-electron chi connectivity index (χ3n) is 3.16. The van der Waals surface area contributed by atoms with Crippen LogP contribution in [0.1, 0.15) is 39.0 Å². The van der Waals surface area contributed by atoms with Gasteiger partial charge in [-0.2, -0.15) is 0 Å². The van der Waals surface area contributed by atoms with Crippen LogP contribution in [0.3, 0.4) is 0 Å². The van der Waals surface area contributed by atoms with E-state index in [4.69, 9.17) is 5.73 Å². The zero-order valence-electron chi connectivity index (χ0n) is 12.8. The van der Waals surface area contributed by atoms with E-state index in [1.807, 2.05) is 17.9 Å². The number of carbonyl (C=O) groups is 1. The monoisotopic (exact) mass is 360 g/mol. The summed E-state index contributed by atoms with van der Waals surface area (Å²) in [4.78, 5) is 15.7. The fourth-order valence-electron chi connectivity index (χ4n) is 2.24. The number of hydrogen-bond acceptors (Lipinski definition) is 3. The Labute approximate surface area is 134 Å². The molecule has 2 N–H and O–H groups in total. The van der Waals surface area contributed by atoms with Gasteiger partial charge in [0.05, 0.1) is 16.2 Å². The van der Waals surface area contributed by atoms with Crippen molar-refractivity contribution in [2.24, 2.45) is 17.1 Å².